The van der Waals surface area contributed by atoms with Crippen LogP contribution in [0.2, 0.25) is 0 Å². The van der Waals surface area contributed by atoms with Gasteiger partial charge < -0.3 is 10.3 Å². The molecule has 23 heavy (non-hydrogen) atoms. The van der Waals surface area contributed by atoms with Gasteiger partial charge in [-0.1, -0.05) is 0 Å². The van der Waals surface area contributed by atoms with Gasteiger partial charge in [-0.25, -0.2) is 9.78 Å². The monoisotopic (exact) mass is 348 g/mol. The van der Waals surface area contributed by atoms with Crippen molar-refractivity contribution in [3.63, 3.8) is 0 Å². The number of carbonyl (C=O) groups excluding carboxylic acids is 1. The third kappa shape index (κ3) is 3.30. The van der Waals surface area contributed by atoms with Crippen LogP contribution in [0.15, 0.2) is 32.6 Å². The van der Waals surface area contributed by atoms with Gasteiger partial charge in [-0.2, -0.15) is 11.3 Å². The summed E-state index contributed by atoms with van der Waals surface area (Å²) in [6.45, 7) is 1.80. The zero-order chi connectivity index (χ0) is 16.4. The Morgan fingerprint density at radius 3 is 2.91 bits per heavy atom. The molecule has 3 aromatic rings. The molecule has 0 aliphatic carbocycles. The molecule has 1 amide bonds. The topological polar surface area (TPSA) is 108 Å². The Kier molecular flexibility index (Phi) is 4.22. The number of aromatic nitrogens is 3. The van der Waals surface area contributed by atoms with Crippen LogP contribution in [-0.4, -0.2) is 20.9 Å². The number of hydrogen-bond donors (Lipinski definition) is 3. The molecular weight excluding hydrogens is 336 g/mol. The number of aryl methyl sites for hydroxylation is 1. The van der Waals surface area contributed by atoms with E-state index in [1.165, 1.54) is 17.5 Å². The zero-order valence-electron chi connectivity index (χ0n) is 12.0. The van der Waals surface area contributed by atoms with Gasteiger partial charge in [0.15, 0.2) is 0 Å². The fraction of sp³-hybridized carbons (Fsp3) is 0.143. The fourth-order valence-electron chi connectivity index (χ4n) is 1.94. The van der Waals surface area contributed by atoms with E-state index in [0.717, 1.165) is 10.6 Å². The van der Waals surface area contributed by atoms with Gasteiger partial charge in [-0.05, 0) is 18.4 Å². The summed E-state index contributed by atoms with van der Waals surface area (Å²) in [5.74, 6) is -0.299. The summed E-state index contributed by atoms with van der Waals surface area (Å²) in [6, 6.07) is 1.95. The predicted molar refractivity (Wildman–Crippen MR) is 89.0 cm³/mol. The van der Waals surface area contributed by atoms with Crippen molar-refractivity contribution in [2.75, 3.05) is 0 Å². The molecular formula is C14H12N4O3S2. The normalized spacial score (nSPS) is 10.7. The molecule has 0 spiro atoms. The maximum atomic E-state index is 12.3. The average molecular weight is 348 g/mol. The number of H-pyrrole nitrogens is 2. The summed E-state index contributed by atoms with van der Waals surface area (Å²) >= 11 is 2.87. The number of thiophene rings is 1. The Bertz CT molecular complexity index is 953. The molecule has 0 fully saturated rings. The summed E-state index contributed by atoms with van der Waals surface area (Å²) in [5, 5.41) is 7.38. The van der Waals surface area contributed by atoms with E-state index in [9.17, 15) is 14.4 Å². The maximum Gasteiger partial charge on any atom is 0.325 e. The van der Waals surface area contributed by atoms with Crippen molar-refractivity contribution in [1.29, 1.82) is 0 Å². The van der Waals surface area contributed by atoms with Crippen LogP contribution < -0.4 is 16.6 Å². The van der Waals surface area contributed by atoms with E-state index in [0.29, 0.717) is 10.6 Å². The highest BCUT2D eigenvalue weighted by molar-refractivity contribution is 7.17. The number of hydrogen-bond acceptors (Lipinski definition) is 6. The second-order valence-corrected chi connectivity index (χ2v) is 6.50. The summed E-state index contributed by atoms with van der Waals surface area (Å²) < 4.78 is 0. The van der Waals surface area contributed by atoms with Crippen LogP contribution in [0.5, 0.6) is 0 Å². The molecule has 0 bridgehead atoms. The highest BCUT2D eigenvalue weighted by Gasteiger charge is 2.16. The first-order valence-corrected chi connectivity index (χ1v) is 8.39. The second-order valence-electron chi connectivity index (χ2n) is 4.73. The van der Waals surface area contributed by atoms with Crippen molar-refractivity contribution >= 4 is 28.6 Å². The quantitative estimate of drug-likeness (QED) is 0.664. The number of carbonyl (C=O) groups is 1. The Morgan fingerprint density at radius 1 is 1.39 bits per heavy atom. The van der Waals surface area contributed by atoms with Crippen molar-refractivity contribution in [2.24, 2.45) is 0 Å². The molecule has 118 valence electrons. The average Bonchev–Trinajstić information content (AvgIpc) is 3.15. The van der Waals surface area contributed by atoms with Gasteiger partial charge >= 0.3 is 5.69 Å². The van der Waals surface area contributed by atoms with Gasteiger partial charge in [0.25, 0.3) is 11.5 Å². The van der Waals surface area contributed by atoms with Crippen LogP contribution in [0.4, 0.5) is 0 Å². The fourth-order valence-corrected chi connectivity index (χ4v) is 3.64. The zero-order valence-corrected chi connectivity index (χ0v) is 13.6. The van der Waals surface area contributed by atoms with Crippen molar-refractivity contribution in [2.45, 2.75) is 13.5 Å². The summed E-state index contributed by atoms with van der Waals surface area (Å²) in [7, 11) is 0. The third-order valence-corrected chi connectivity index (χ3v) is 5.00. The van der Waals surface area contributed by atoms with Crippen LogP contribution in [0.3, 0.4) is 0 Å². The Hall–Kier alpha value is -2.52. The molecule has 9 heteroatoms. The minimum absolute atomic E-state index is 0.0239. The molecule has 0 saturated heterocycles. The minimum atomic E-state index is -0.580. The Morgan fingerprint density at radius 2 is 2.22 bits per heavy atom. The number of amides is 1. The molecule has 0 aromatic carbocycles. The highest BCUT2D eigenvalue weighted by atomic mass is 32.1. The smallest absolute Gasteiger partial charge is 0.325 e. The Balaban J connectivity index is 1.76. The molecule has 3 N–H and O–H groups in total. The number of nitrogens with zero attached hydrogens (tertiary/aromatic N) is 1. The first kappa shape index (κ1) is 15.4. The van der Waals surface area contributed by atoms with Gasteiger partial charge in [0, 0.05) is 17.1 Å². The van der Waals surface area contributed by atoms with Crippen LogP contribution >= 0.6 is 22.7 Å². The summed E-state index contributed by atoms with van der Waals surface area (Å²) in [4.78, 5) is 44.2. The maximum absolute atomic E-state index is 12.3. The van der Waals surface area contributed by atoms with E-state index < -0.39 is 11.2 Å². The molecule has 3 aromatic heterocycles. The van der Waals surface area contributed by atoms with Gasteiger partial charge in [0.05, 0.1) is 17.8 Å². The van der Waals surface area contributed by atoms with Crippen LogP contribution in [0, 0.1) is 6.92 Å². The minimum Gasteiger partial charge on any atom is -0.347 e. The first-order valence-electron chi connectivity index (χ1n) is 6.63. The molecule has 0 unspecified atom stereocenters. The molecule has 0 atom stereocenters. The van der Waals surface area contributed by atoms with Gasteiger partial charge in [0.2, 0.25) is 0 Å². The lowest BCUT2D eigenvalue weighted by molar-refractivity contribution is 0.0954. The molecule has 7 nitrogen and oxygen atoms in total. The van der Waals surface area contributed by atoms with Crippen LogP contribution in [0.25, 0.3) is 10.6 Å². The van der Waals surface area contributed by atoms with E-state index in [2.05, 4.69) is 20.3 Å². The number of thiazole rings is 1. The van der Waals surface area contributed by atoms with E-state index in [4.69, 9.17) is 0 Å². The van der Waals surface area contributed by atoms with Gasteiger partial charge in [-0.3, -0.25) is 14.6 Å². The predicted octanol–water partition coefficient (Wildman–Crippen LogP) is 1.49. The van der Waals surface area contributed by atoms with Gasteiger partial charge in [-0.15, -0.1) is 11.3 Å². The van der Waals surface area contributed by atoms with Crippen LogP contribution in [-0.2, 0) is 6.54 Å². The van der Waals surface area contributed by atoms with Gasteiger partial charge in [0.1, 0.15) is 9.88 Å². The van der Waals surface area contributed by atoms with Crippen molar-refractivity contribution in [3.05, 3.63) is 60.0 Å². The third-order valence-electron chi connectivity index (χ3n) is 3.11. The van der Waals surface area contributed by atoms with Crippen LogP contribution in [0.1, 0.15) is 20.9 Å². The van der Waals surface area contributed by atoms with E-state index in [1.54, 1.807) is 18.3 Å². The molecule has 0 aliphatic rings. The standard InChI is InChI=1S/C14H12N4O3S2/c1-7-10(23-13(17-7)8-2-3-22-6-8)12(20)15-4-9-5-16-14(21)18-11(9)19/h2-3,5-6H,4H2,1H3,(H,15,20)(H2,16,18,19,21). The number of nitrogens with one attached hydrogen (secondary N) is 3. The lowest BCUT2D eigenvalue weighted by Gasteiger charge is -2.02. The van der Waals surface area contributed by atoms with Crippen molar-refractivity contribution < 1.29 is 4.79 Å². The lowest BCUT2D eigenvalue weighted by atomic mass is 10.3. The highest BCUT2D eigenvalue weighted by Crippen LogP contribution is 2.29. The largest absolute Gasteiger partial charge is 0.347 e. The molecule has 3 heterocycles. The SMILES string of the molecule is Cc1nc(-c2ccsc2)sc1C(=O)NCc1c[nH]c(=O)[nH]c1=O. The molecule has 0 radical (unpaired) electrons. The van der Waals surface area contributed by atoms with E-state index >= 15 is 0 Å². The summed E-state index contributed by atoms with van der Waals surface area (Å²) in [5.41, 5.74) is 0.805. The summed E-state index contributed by atoms with van der Waals surface area (Å²) in [6.07, 6.45) is 1.29. The second kappa shape index (κ2) is 6.31. The first-order chi connectivity index (χ1) is 11.0. The molecule has 0 aliphatic heterocycles. The van der Waals surface area contributed by atoms with Crippen molar-refractivity contribution in [3.8, 4) is 10.6 Å². The van der Waals surface area contributed by atoms with E-state index in [-0.39, 0.29) is 18.0 Å². The lowest BCUT2D eigenvalue weighted by Crippen LogP contribution is -2.30. The van der Waals surface area contributed by atoms with Crippen molar-refractivity contribution in [1.82, 2.24) is 20.3 Å². The van der Waals surface area contributed by atoms with E-state index in [1.807, 2.05) is 16.8 Å². The number of rotatable bonds is 4. The number of aromatic amines is 2. The molecule has 3 rings (SSSR count). The Labute approximate surface area is 138 Å². The molecule has 0 saturated carbocycles.